The molecule has 46 heavy (non-hydrogen) atoms. The average molecular weight is 639 g/mol. The second-order valence-electron chi connectivity index (χ2n) is 12.0. The molecule has 2 aliphatic rings. The molecule has 3 heterocycles. The fourth-order valence-corrected chi connectivity index (χ4v) is 7.51. The van der Waals surface area contributed by atoms with Crippen LogP contribution in [0.25, 0.3) is 11.1 Å². The van der Waals surface area contributed by atoms with Gasteiger partial charge in [-0.2, -0.15) is 15.3 Å². The number of benzene rings is 2. The highest BCUT2D eigenvalue weighted by Gasteiger charge is 2.31. The van der Waals surface area contributed by atoms with Gasteiger partial charge in [-0.15, -0.1) is 0 Å². The van der Waals surface area contributed by atoms with Gasteiger partial charge in [0, 0.05) is 56.1 Å². The molecule has 4 aromatic rings. The topological polar surface area (TPSA) is 137 Å². The molecule has 6 rings (SSSR count). The van der Waals surface area contributed by atoms with Crippen LogP contribution in [0.1, 0.15) is 43.2 Å². The molecule has 1 saturated carbocycles. The van der Waals surface area contributed by atoms with Crippen LogP contribution in [-0.2, 0) is 28.1 Å². The Kier molecular flexibility index (Phi) is 9.30. The van der Waals surface area contributed by atoms with Gasteiger partial charge in [0.05, 0.1) is 23.9 Å². The number of amides is 1. The summed E-state index contributed by atoms with van der Waals surface area (Å²) < 4.78 is 25.6. The van der Waals surface area contributed by atoms with E-state index in [0.717, 1.165) is 48.1 Å². The van der Waals surface area contributed by atoms with E-state index in [1.165, 1.54) is 6.20 Å². The predicted molar refractivity (Wildman–Crippen MR) is 178 cm³/mol. The SMILES string of the molecule is Cn1cc(-c2ccc(N(C(=O)CCc3ccccc3)[C@H]3CC[C@H](Nc4ncc(C#N)c(N5CCS(=O)(=O)CC5)n4)CC3)cc2)cn1. The largest absolute Gasteiger partial charge is 0.353 e. The lowest BCUT2D eigenvalue weighted by atomic mass is 9.89. The van der Waals surface area contributed by atoms with E-state index in [-0.39, 0.29) is 29.5 Å². The van der Waals surface area contributed by atoms with Crippen LogP contribution in [0.5, 0.6) is 0 Å². The molecule has 0 radical (unpaired) electrons. The fourth-order valence-electron chi connectivity index (χ4n) is 6.31. The summed E-state index contributed by atoms with van der Waals surface area (Å²) in [6, 6.07) is 20.6. The highest BCUT2D eigenvalue weighted by atomic mass is 32.2. The van der Waals surface area contributed by atoms with E-state index in [4.69, 9.17) is 0 Å². The average Bonchev–Trinajstić information content (AvgIpc) is 3.51. The lowest BCUT2D eigenvalue weighted by Crippen LogP contribution is -2.44. The molecule has 1 aliphatic carbocycles. The van der Waals surface area contributed by atoms with Crippen LogP contribution in [-0.4, -0.2) is 70.8 Å². The van der Waals surface area contributed by atoms with E-state index in [2.05, 4.69) is 50.7 Å². The smallest absolute Gasteiger partial charge is 0.227 e. The number of hydrogen-bond acceptors (Lipinski definition) is 9. The Morgan fingerprint density at radius 3 is 2.37 bits per heavy atom. The first-order valence-corrected chi connectivity index (χ1v) is 17.5. The molecule has 0 atom stereocenters. The Morgan fingerprint density at radius 2 is 1.72 bits per heavy atom. The third-order valence-corrected chi connectivity index (χ3v) is 10.5. The van der Waals surface area contributed by atoms with E-state index in [1.54, 1.807) is 4.68 Å². The molecule has 2 aromatic carbocycles. The summed E-state index contributed by atoms with van der Waals surface area (Å²) >= 11 is 0. The highest BCUT2D eigenvalue weighted by molar-refractivity contribution is 7.91. The first-order valence-electron chi connectivity index (χ1n) is 15.7. The van der Waals surface area contributed by atoms with Gasteiger partial charge in [-0.25, -0.2) is 13.4 Å². The summed E-state index contributed by atoms with van der Waals surface area (Å²) in [6.45, 7) is 0.603. The van der Waals surface area contributed by atoms with Crippen LogP contribution in [0.3, 0.4) is 0 Å². The Bertz CT molecular complexity index is 1800. The van der Waals surface area contributed by atoms with Gasteiger partial charge in [0.1, 0.15) is 11.6 Å². The zero-order valence-corrected chi connectivity index (χ0v) is 26.7. The molecule has 0 unspecified atom stereocenters. The van der Waals surface area contributed by atoms with Crippen LogP contribution < -0.4 is 15.1 Å². The van der Waals surface area contributed by atoms with Crippen molar-refractivity contribution in [1.29, 1.82) is 5.26 Å². The van der Waals surface area contributed by atoms with Gasteiger partial charge in [0.2, 0.25) is 11.9 Å². The number of nitriles is 1. The van der Waals surface area contributed by atoms with Crippen LogP contribution >= 0.6 is 0 Å². The first-order chi connectivity index (χ1) is 22.3. The third kappa shape index (κ3) is 7.37. The number of carbonyl (C=O) groups excluding carboxylic acids is 1. The maximum atomic E-state index is 13.8. The molecule has 11 nitrogen and oxygen atoms in total. The van der Waals surface area contributed by atoms with Crippen molar-refractivity contribution in [2.75, 3.05) is 39.7 Å². The predicted octanol–water partition coefficient (Wildman–Crippen LogP) is 4.37. The summed E-state index contributed by atoms with van der Waals surface area (Å²) in [7, 11) is -1.17. The van der Waals surface area contributed by atoms with Crippen molar-refractivity contribution < 1.29 is 13.2 Å². The number of aromatic nitrogens is 4. The standard InChI is InChI=1S/C34H38N8O3S/c1-40-24-28(23-37-40)26-8-12-30(13-9-26)42(32(43)16-7-25-5-3-2-4-6-25)31-14-10-29(11-15-31)38-34-36-22-27(21-35)33(39-34)41-17-19-46(44,45)20-18-41/h2-6,8-9,12-13,22-24,29,31H,7,10-11,14-20H2,1H3,(H,36,38,39)/t29-,31-. The number of sulfone groups is 1. The number of aryl methyl sites for hydroxylation is 2. The monoisotopic (exact) mass is 638 g/mol. The molecule has 1 aliphatic heterocycles. The number of carbonyl (C=O) groups is 1. The van der Waals surface area contributed by atoms with Crippen molar-refractivity contribution in [3.8, 4) is 17.2 Å². The highest BCUT2D eigenvalue weighted by Crippen LogP contribution is 2.32. The molecule has 238 valence electrons. The van der Waals surface area contributed by atoms with Gasteiger partial charge in [0.15, 0.2) is 15.7 Å². The Labute approximate surface area is 269 Å². The number of nitrogens with zero attached hydrogens (tertiary/aromatic N) is 7. The summed E-state index contributed by atoms with van der Waals surface area (Å²) in [5.74, 6) is 1.09. The minimum atomic E-state index is -3.06. The van der Waals surface area contributed by atoms with E-state index >= 15 is 0 Å². The van der Waals surface area contributed by atoms with E-state index < -0.39 is 9.84 Å². The molecule has 0 bridgehead atoms. The molecule has 12 heteroatoms. The number of nitrogens with one attached hydrogen (secondary N) is 1. The molecular formula is C34H38N8O3S. The normalized spacial score (nSPS) is 19.3. The molecule has 2 fully saturated rings. The van der Waals surface area contributed by atoms with Crippen LogP contribution in [0.2, 0.25) is 0 Å². The zero-order chi connectivity index (χ0) is 32.1. The van der Waals surface area contributed by atoms with Crippen molar-refractivity contribution in [2.24, 2.45) is 7.05 Å². The van der Waals surface area contributed by atoms with Crippen molar-refractivity contribution in [1.82, 2.24) is 19.7 Å². The maximum absolute atomic E-state index is 13.8. The van der Waals surface area contributed by atoms with Crippen molar-refractivity contribution in [3.63, 3.8) is 0 Å². The van der Waals surface area contributed by atoms with E-state index in [0.29, 0.717) is 43.3 Å². The fraction of sp³-hybridized carbons (Fsp3) is 0.382. The molecule has 2 aromatic heterocycles. The number of hydrogen-bond donors (Lipinski definition) is 1. The first kappa shape index (κ1) is 31.2. The van der Waals surface area contributed by atoms with Crippen LogP contribution in [0.15, 0.2) is 73.2 Å². The van der Waals surface area contributed by atoms with Gasteiger partial charge in [-0.05, 0) is 55.4 Å². The summed E-state index contributed by atoms with van der Waals surface area (Å²) in [5, 5.41) is 17.4. The molecule has 0 spiro atoms. The van der Waals surface area contributed by atoms with Crippen LogP contribution in [0, 0.1) is 11.3 Å². The van der Waals surface area contributed by atoms with Crippen molar-refractivity contribution in [2.45, 2.75) is 50.6 Å². The van der Waals surface area contributed by atoms with E-state index in [1.807, 2.05) is 59.6 Å². The maximum Gasteiger partial charge on any atom is 0.227 e. The summed E-state index contributed by atoms with van der Waals surface area (Å²) in [4.78, 5) is 26.7. The van der Waals surface area contributed by atoms with E-state index in [9.17, 15) is 18.5 Å². The zero-order valence-electron chi connectivity index (χ0n) is 25.9. The Hall–Kier alpha value is -4.76. The second kappa shape index (κ2) is 13.7. The Morgan fingerprint density at radius 1 is 1.00 bits per heavy atom. The molecular weight excluding hydrogens is 600 g/mol. The lowest BCUT2D eigenvalue weighted by molar-refractivity contribution is -0.119. The third-order valence-electron chi connectivity index (χ3n) is 8.85. The van der Waals surface area contributed by atoms with Crippen LogP contribution in [0.4, 0.5) is 17.5 Å². The summed E-state index contributed by atoms with van der Waals surface area (Å²) in [5.41, 5.74) is 4.44. The number of anilines is 3. The Balaban J connectivity index is 1.15. The lowest BCUT2D eigenvalue weighted by Gasteiger charge is -2.37. The van der Waals surface area contributed by atoms with Gasteiger partial charge in [-0.3, -0.25) is 9.48 Å². The minimum absolute atomic E-state index is 0.0431. The van der Waals surface area contributed by atoms with Crippen molar-refractivity contribution >= 4 is 33.2 Å². The van der Waals surface area contributed by atoms with Gasteiger partial charge >= 0.3 is 0 Å². The second-order valence-corrected chi connectivity index (χ2v) is 14.3. The molecule has 1 saturated heterocycles. The van der Waals surface area contributed by atoms with Gasteiger partial charge in [0.25, 0.3) is 0 Å². The number of rotatable bonds is 9. The summed E-state index contributed by atoms with van der Waals surface area (Å²) in [6.07, 6.45) is 9.69. The van der Waals surface area contributed by atoms with Crippen molar-refractivity contribution in [3.05, 3.63) is 84.3 Å². The minimum Gasteiger partial charge on any atom is -0.353 e. The van der Waals surface area contributed by atoms with Gasteiger partial charge in [-0.1, -0.05) is 42.5 Å². The quantitative estimate of drug-likeness (QED) is 0.283. The van der Waals surface area contributed by atoms with Gasteiger partial charge < -0.3 is 15.1 Å². The molecule has 1 amide bonds. The molecule has 1 N–H and O–H groups in total.